The topological polar surface area (TPSA) is 18.5 Å². The minimum atomic E-state index is 0.729. The van der Waals surface area contributed by atoms with Gasteiger partial charge in [-0.2, -0.15) is 0 Å². The lowest BCUT2D eigenvalue weighted by Gasteiger charge is -2.14. The fourth-order valence-corrected chi connectivity index (χ4v) is 1.61. The van der Waals surface area contributed by atoms with Crippen LogP contribution in [0.2, 0.25) is 0 Å². The van der Waals surface area contributed by atoms with E-state index in [1.54, 1.807) is 7.11 Å². The minimum absolute atomic E-state index is 0.729. The molecule has 0 saturated carbocycles. The van der Waals surface area contributed by atoms with Gasteiger partial charge in [0.25, 0.3) is 0 Å². The highest BCUT2D eigenvalue weighted by molar-refractivity contribution is 5.67. The van der Waals surface area contributed by atoms with Crippen LogP contribution in [0, 0.1) is 0 Å². The van der Waals surface area contributed by atoms with E-state index < -0.39 is 0 Å². The number of hydrogen-bond acceptors (Lipinski definition) is 2. The number of methoxy groups -OCH3 is 1. The molecule has 0 aliphatic carbocycles. The van der Waals surface area contributed by atoms with Gasteiger partial charge in [-0.05, 0) is 29.7 Å². The highest BCUT2D eigenvalue weighted by Crippen LogP contribution is 2.24. The summed E-state index contributed by atoms with van der Waals surface area (Å²) in [5, 5.41) is 0. The monoisotopic (exact) mass is 190 g/mol. The molecular formula is C12H14O2. The first-order valence-electron chi connectivity index (χ1n) is 4.81. The molecule has 74 valence electrons. The summed E-state index contributed by atoms with van der Waals surface area (Å²) in [4.78, 5) is 0. The van der Waals surface area contributed by atoms with E-state index in [9.17, 15) is 0 Å². The molecule has 14 heavy (non-hydrogen) atoms. The van der Waals surface area contributed by atoms with Crippen molar-refractivity contribution in [2.75, 3.05) is 20.3 Å². The zero-order chi connectivity index (χ0) is 9.80. The summed E-state index contributed by atoms with van der Waals surface area (Å²) >= 11 is 0. The van der Waals surface area contributed by atoms with Gasteiger partial charge >= 0.3 is 0 Å². The maximum atomic E-state index is 5.27. The molecule has 0 aromatic heterocycles. The lowest BCUT2D eigenvalue weighted by atomic mass is 10.0. The molecule has 2 rings (SSSR count). The van der Waals surface area contributed by atoms with Crippen molar-refractivity contribution in [1.29, 1.82) is 0 Å². The fourth-order valence-electron chi connectivity index (χ4n) is 1.61. The molecule has 0 unspecified atom stereocenters. The highest BCUT2D eigenvalue weighted by Gasteiger charge is 2.06. The first-order valence-corrected chi connectivity index (χ1v) is 4.81. The normalized spacial score (nSPS) is 16.2. The maximum Gasteiger partial charge on any atom is 0.119 e. The predicted molar refractivity (Wildman–Crippen MR) is 56.4 cm³/mol. The third-order valence-corrected chi connectivity index (χ3v) is 2.40. The minimum Gasteiger partial charge on any atom is -0.497 e. The Hall–Kier alpha value is -1.28. The van der Waals surface area contributed by atoms with Crippen LogP contribution in [0.5, 0.6) is 5.75 Å². The average Bonchev–Trinajstić information content (AvgIpc) is 2.30. The number of rotatable bonds is 2. The van der Waals surface area contributed by atoms with Crippen molar-refractivity contribution in [3.63, 3.8) is 0 Å². The molecule has 1 heterocycles. The molecule has 1 aromatic carbocycles. The Morgan fingerprint density at radius 2 is 2.29 bits per heavy atom. The van der Waals surface area contributed by atoms with E-state index in [1.165, 1.54) is 11.1 Å². The van der Waals surface area contributed by atoms with Gasteiger partial charge in [0.05, 0.1) is 20.3 Å². The van der Waals surface area contributed by atoms with Crippen molar-refractivity contribution in [2.24, 2.45) is 0 Å². The zero-order valence-electron chi connectivity index (χ0n) is 8.32. The van der Waals surface area contributed by atoms with Gasteiger partial charge in [-0.3, -0.25) is 0 Å². The second-order valence-corrected chi connectivity index (χ2v) is 3.29. The summed E-state index contributed by atoms with van der Waals surface area (Å²) in [6.07, 6.45) is 3.13. The third-order valence-electron chi connectivity index (χ3n) is 2.40. The number of hydrogen-bond donors (Lipinski definition) is 0. The van der Waals surface area contributed by atoms with Crippen molar-refractivity contribution < 1.29 is 9.47 Å². The Morgan fingerprint density at radius 1 is 1.36 bits per heavy atom. The number of benzene rings is 1. The Labute approximate surface area is 84.2 Å². The predicted octanol–water partition coefficient (Wildman–Crippen LogP) is 2.50. The van der Waals surface area contributed by atoms with Crippen LogP contribution in [-0.2, 0) is 4.74 Å². The lowest BCUT2D eigenvalue weighted by molar-refractivity contribution is 0.161. The van der Waals surface area contributed by atoms with Gasteiger partial charge in [0.2, 0.25) is 0 Å². The summed E-state index contributed by atoms with van der Waals surface area (Å²) in [7, 11) is 1.69. The first-order chi connectivity index (χ1) is 6.90. The summed E-state index contributed by atoms with van der Waals surface area (Å²) in [5.74, 6) is 0.912. The van der Waals surface area contributed by atoms with E-state index >= 15 is 0 Å². The molecule has 0 N–H and O–H groups in total. The van der Waals surface area contributed by atoms with Gasteiger partial charge in [-0.25, -0.2) is 0 Å². The Bertz CT molecular complexity index is 342. The number of ether oxygens (including phenoxy) is 2. The molecule has 0 saturated heterocycles. The van der Waals surface area contributed by atoms with E-state index in [0.29, 0.717) is 0 Å². The molecule has 0 radical (unpaired) electrons. The smallest absolute Gasteiger partial charge is 0.119 e. The molecule has 2 heteroatoms. The van der Waals surface area contributed by atoms with Crippen LogP contribution in [0.3, 0.4) is 0 Å². The van der Waals surface area contributed by atoms with Crippen LogP contribution in [0.1, 0.15) is 12.0 Å². The molecule has 1 aliphatic heterocycles. The Morgan fingerprint density at radius 3 is 3.00 bits per heavy atom. The Balaban J connectivity index is 2.26. The average molecular weight is 190 g/mol. The molecule has 1 aromatic rings. The van der Waals surface area contributed by atoms with Gasteiger partial charge in [-0.15, -0.1) is 0 Å². The summed E-state index contributed by atoms with van der Waals surface area (Å²) in [5.41, 5.74) is 2.60. The molecule has 0 spiro atoms. The van der Waals surface area contributed by atoms with Gasteiger partial charge < -0.3 is 9.47 Å². The second kappa shape index (κ2) is 4.29. The van der Waals surface area contributed by atoms with Crippen molar-refractivity contribution in [3.05, 3.63) is 35.9 Å². The van der Waals surface area contributed by atoms with Gasteiger partial charge in [0.15, 0.2) is 0 Å². The van der Waals surface area contributed by atoms with Gasteiger partial charge in [0.1, 0.15) is 5.75 Å². The van der Waals surface area contributed by atoms with Gasteiger partial charge in [0, 0.05) is 0 Å². The van der Waals surface area contributed by atoms with Crippen molar-refractivity contribution >= 4 is 5.57 Å². The summed E-state index contributed by atoms with van der Waals surface area (Å²) in [6, 6.07) is 8.16. The van der Waals surface area contributed by atoms with Crippen LogP contribution >= 0.6 is 0 Å². The van der Waals surface area contributed by atoms with Crippen molar-refractivity contribution in [1.82, 2.24) is 0 Å². The van der Waals surface area contributed by atoms with E-state index in [2.05, 4.69) is 18.2 Å². The molecule has 0 amide bonds. The standard InChI is InChI=1S/C12H14O2/c1-13-12-4-2-3-11(9-12)10-5-7-14-8-6-10/h2-5,9H,6-8H2,1H3. The molecule has 0 bridgehead atoms. The SMILES string of the molecule is COc1cccc(C2=CCOCC2)c1. The van der Waals surface area contributed by atoms with E-state index in [-0.39, 0.29) is 0 Å². The molecular weight excluding hydrogens is 176 g/mol. The van der Waals surface area contributed by atoms with Crippen LogP contribution in [-0.4, -0.2) is 20.3 Å². The van der Waals surface area contributed by atoms with E-state index in [1.807, 2.05) is 12.1 Å². The molecule has 1 aliphatic rings. The second-order valence-electron chi connectivity index (χ2n) is 3.29. The first kappa shape index (κ1) is 9.28. The van der Waals surface area contributed by atoms with Crippen LogP contribution in [0.25, 0.3) is 5.57 Å². The van der Waals surface area contributed by atoms with Crippen molar-refractivity contribution in [3.8, 4) is 5.75 Å². The fraction of sp³-hybridized carbons (Fsp3) is 0.333. The summed E-state index contributed by atoms with van der Waals surface area (Å²) < 4.78 is 10.5. The van der Waals surface area contributed by atoms with Crippen molar-refractivity contribution in [2.45, 2.75) is 6.42 Å². The maximum absolute atomic E-state index is 5.27. The van der Waals surface area contributed by atoms with Crippen LogP contribution in [0.15, 0.2) is 30.3 Å². The summed E-state index contributed by atoms with van der Waals surface area (Å²) in [6.45, 7) is 1.55. The van der Waals surface area contributed by atoms with E-state index in [0.717, 1.165) is 25.4 Å². The molecule has 0 atom stereocenters. The molecule has 0 fully saturated rings. The van der Waals surface area contributed by atoms with Gasteiger partial charge in [-0.1, -0.05) is 18.2 Å². The van der Waals surface area contributed by atoms with Crippen LogP contribution in [0.4, 0.5) is 0 Å². The quantitative estimate of drug-likeness (QED) is 0.713. The Kier molecular flexibility index (Phi) is 2.84. The largest absolute Gasteiger partial charge is 0.497 e. The highest BCUT2D eigenvalue weighted by atomic mass is 16.5. The lowest BCUT2D eigenvalue weighted by Crippen LogP contribution is -2.03. The van der Waals surface area contributed by atoms with E-state index in [4.69, 9.17) is 9.47 Å². The third kappa shape index (κ3) is 1.96. The zero-order valence-corrected chi connectivity index (χ0v) is 8.32. The molecule has 2 nitrogen and oxygen atoms in total. The van der Waals surface area contributed by atoms with Crippen LogP contribution < -0.4 is 4.74 Å².